The summed E-state index contributed by atoms with van der Waals surface area (Å²) in [6, 6.07) is 0. The largest absolute Gasteiger partial charge is 0.370 e. The fourth-order valence-corrected chi connectivity index (χ4v) is 1.74. The second-order valence-electron chi connectivity index (χ2n) is 4.44. The van der Waals surface area contributed by atoms with Crippen LogP contribution in [0.25, 0.3) is 0 Å². The van der Waals surface area contributed by atoms with Crippen LogP contribution in [0, 0.1) is 0 Å². The van der Waals surface area contributed by atoms with Gasteiger partial charge in [0.1, 0.15) is 0 Å². The lowest BCUT2D eigenvalue weighted by Crippen LogP contribution is -2.87. The van der Waals surface area contributed by atoms with Crippen LogP contribution in [0.2, 0.25) is 0 Å². The molecular formula is C12H30N3O3+3. The van der Waals surface area contributed by atoms with Gasteiger partial charge in [-0.1, -0.05) is 0 Å². The van der Waals surface area contributed by atoms with Crippen LogP contribution < -0.4 is 16.0 Å². The molecule has 1 aliphatic heterocycles. The van der Waals surface area contributed by atoms with Gasteiger partial charge < -0.3 is 30.2 Å². The number of ether oxygens (including phenoxy) is 3. The van der Waals surface area contributed by atoms with E-state index >= 15 is 0 Å². The highest BCUT2D eigenvalue weighted by molar-refractivity contribution is 4.31. The van der Waals surface area contributed by atoms with Gasteiger partial charge in [-0.25, -0.2) is 0 Å². The molecule has 0 aliphatic carbocycles. The molecule has 0 unspecified atom stereocenters. The SMILES string of the molecule is C1COCC[NH2+]CCOCC[NH2+]CCOCC[NH2+]1. The number of rotatable bonds is 0. The van der Waals surface area contributed by atoms with Gasteiger partial charge in [-0.05, 0) is 0 Å². The molecule has 6 nitrogen and oxygen atoms in total. The summed E-state index contributed by atoms with van der Waals surface area (Å²) in [5.74, 6) is 0. The first-order valence-corrected chi connectivity index (χ1v) is 7.18. The molecule has 108 valence electrons. The van der Waals surface area contributed by atoms with Crippen molar-refractivity contribution in [1.29, 1.82) is 0 Å². The van der Waals surface area contributed by atoms with Crippen molar-refractivity contribution in [1.82, 2.24) is 0 Å². The molecule has 0 aromatic carbocycles. The Kier molecular flexibility index (Phi) is 11.6. The lowest BCUT2D eigenvalue weighted by atomic mass is 10.5. The van der Waals surface area contributed by atoms with Gasteiger partial charge in [-0.15, -0.1) is 0 Å². The van der Waals surface area contributed by atoms with Crippen molar-refractivity contribution in [2.45, 2.75) is 0 Å². The molecule has 1 heterocycles. The second kappa shape index (κ2) is 13.2. The van der Waals surface area contributed by atoms with Crippen LogP contribution in [0.5, 0.6) is 0 Å². The molecule has 6 heteroatoms. The first-order valence-electron chi connectivity index (χ1n) is 7.18. The Bertz CT molecular complexity index is 97.6. The van der Waals surface area contributed by atoms with E-state index < -0.39 is 0 Å². The summed E-state index contributed by atoms with van der Waals surface area (Å²) in [7, 11) is 0. The normalized spacial score (nSPS) is 24.0. The van der Waals surface area contributed by atoms with E-state index in [-0.39, 0.29) is 0 Å². The van der Waals surface area contributed by atoms with E-state index in [9.17, 15) is 0 Å². The predicted octanol–water partition coefficient (Wildman–Crippen LogP) is -4.26. The Morgan fingerprint density at radius 1 is 0.389 bits per heavy atom. The molecule has 1 aliphatic rings. The van der Waals surface area contributed by atoms with Crippen LogP contribution in [-0.2, 0) is 14.2 Å². The van der Waals surface area contributed by atoms with Crippen LogP contribution >= 0.6 is 0 Å². The van der Waals surface area contributed by atoms with E-state index in [1.807, 2.05) is 0 Å². The molecule has 0 amide bonds. The number of hydrogen-bond acceptors (Lipinski definition) is 3. The summed E-state index contributed by atoms with van der Waals surface area (Å²) in [5.41, 5.74) is 0. The fraction of sp³-hybridized carbons (Fsp3) is 1.00. The Hall–Kier alpha value is -0.240. The molecule has 0 aromatic heterocycles. The maximum atomic E-state index is 5.53. The summed E-state index contributed by atoms with van der Waals surface area (Å²) in [6.45, 7) is 11.1. The predicted molar refractivity (Wildman–Crippen MR) is 67.4 cm³/mol. The number of hydrogen-bond donors (Lipinski definition) is 3. The van der Waals surface area contributed by atoms with Crippen molar-refractivity contribution in [2.75, 3.05) is 78.9 Å². The first kappa shape index (κ1) is 15.8. The Morgan fingerprint density at radius 3 is 0.833 bits per heavy atom. The maximum absolute atomic E-state index is 5.53. The van der Waals surface area contributed by atoms with Crippen molar-refractivity contribution in [2.24, 2.45) is 0 Å². The van der Waals surface area contributed by atoms with E-state index in [0.29, 0.717) is 0 Å². The first-order chi connectivity index (χ1) is 9.00. The van der Waals surface area contributed by atoms with Gasteiger partial charge in [0.05, 0.1) is 78.9 Å². The van der Waals surface area contributed by atoms with Gasteiger partial charge in [0.2, 0.25) is 0 Å². The lowest BCUT2D eigenvalue weighted by Gasteiger charge is -2.07. The third kappa shape index (κ3) is 10.9. The highest BCUT2D eigenvalue weighted by atomic mass is 16.5. The topological polar surface area (TPSA) is 77.5 Å². The molecule has 0 bridgehead atoms. The highest BCUT2D eigenvalue weighted by Crippen LogP contribution is 1.70. The van der Waals surface area contributed by atoms with Crippen LogP contribution in [0.15, 0.2) is 0 Å². The van der Waals surface area contributed by atoms with E-state index in [1.165, 1.54) is 0 Å². The van der Waals surface area contributed by atoms with Crippen LogP contribution in [0.3, 0.4) is 0 Å². The van der Waals surface area contributed by atoms with Crippen molar-refractivity contribution in [3.05, 3.63) is 0 Å². The zero-order chi connectivity index (χ0) is 12.7. The summed E-state index contributed by atoms with van der Waals surface area (Å²) in [6.07, 6.45) is 0. The second-order valence-corrected chi connectivity index (χ2v) is 4.44. The quantitative estimate of drug-likeness (QED) is 0.415. The highest BCUT2D eigenvalue weighted by Gasteiger charge is 1.98. The zero-order valence-corrected chi connectivity index (χ0v) is 11.4. The molecule has 1 fully saturated rings. The molecule has 6 N–H and O–H groups in total. The van der Waals surface area contributed by atoms with Crippen LogP contribution in [0.1, 0.15) is 0 Å². The summed E-state index contributed by atoms with van der Waals surface area (Å²) in [5, 5.41) is 6.76. The van der Waals surface area contributed by atoms with Crippen molar-refractivity contribution >= 4 is 0 Å². The Balaban J connectivity index is 2.00. The molecule has 0 saturated carbocycles. The molecule has 0 atom stereocenters. The Morgan fingerprint density at radius 2 is 0.611 bits per heavy atom. The summed E-state index contributed by atoms with van der Waals surface area (Å²) in [4.78, 5) is 0. The minimum atomic E-state index is 0.831. The fourth-order valence-electron chi connectivity index (χ4n) is 1.74. The van der Waals surface area contributed by atoms with E-state index in [2.05, 4.69) is 16.0 Å². The van der Waals surface area contributed by atoms with Gasteiger partial charge in [0.25, 0.3) is 0 Å². The monoisotopic (exact) mass is 264 g/mol. The van der Waals surface area contributed by atoms with Gasteiger partial charge >= 0.3 is 0 Å². The molecule has 0 spiro atoms. The van der Waals surface area contributed by atoms with E-state index in [4.69, 9.17) is 14.2 Å². The summed E-state index contributed by atoms with van der Waals surface area (Å²) >= 11 is 0. The molecular weight excluding hydrogens is 234 g/mol. The number of nitrogens with two attached hydrogens (primary N) is 3. The number of quaternary nitrogens is 3. The molecule has 1 saturated heterocycles. The third-order valence-corrected chi connectivity index (χ3v) is 2.80. The smallest absolute Gasteiger partial charge is 0.0993 e. The average Bonchev–Trinajstić information content (AvgIpc) is 2.39. The molecule has 0 aromatic rings. The molecule has 1 rings (SSSR count). The maximum Gasteiger partial charge on any atom is 0.0993 e. The minimum absolute atomic E-state index is 0.831. The van der Waals surface area contributed by atoms with Crippen LogP contribution in [-0.4, -0.2) is 78.9 Å². The Labute approximate surface area is 110 Å². The van der Waals surface area contributed by atoms with Crippen molar-refractivity contribution in [3.63, 3.8) is 0 Å². The molecule has 18 heavy (non-hydrogen) atoms. The van der Waals surface area contributed by atoms with Gasteiger partial charge in [0, 0.05) is 0 Å². The zero-order valence-electron chi connectivity index (χ0n) is 11.4. The van der Waals surface area contributed by atoms with E-state index in [0.717, 1.165) is 78.9 Å². The summed E-state index contributed by atoms with van der Waals surface area (Å²) < 4.78 is 16.6. The van der Waals surface area contributed by atoms with Gasteiger partial charge in [-0.2, -0.15) is 0 Å². The average molecular weight is 264 g/mol. The molecule has 0 radical (unpaired) electrons. The van der Waals surface area contributed by atoms with Crippen molar-refractivity contribution in [3.8, 4) is 0 Å². The van der Waals surface area contributed by atoms with Gasteiger partial charge in [0.15, 0.2) is 0 Å². The van der Waals surface area contributed by atoms with Crippen molar-refractivity contribution < 1.29 is 30.2 Å². The van der Waals surface area contributed by atoms with Crippen LogP contribution in [0.4, 0.5) is 0 Å². The lowest BCUT2D eigenvalue weighted by molar-refractivity contribution is -0.669. The van der Waals surface area contributed by atoms with E-state index in [1.54, 1.807) is 0 Å². The minimum Gasteiger partial charge on any atom is -0.370 e. The third-order valence-electron chi connectivity index (χ3n) is 2.80. The van der Waals surface area contributed by atoms with Gasteiger partial charge in [-0.3, -0.25) is 0 Å². The standard InChI is InChI=1S/C12H27N3O3/c1-7-16-9-3-14-5-11-18-12-6-15-4-10-17-8-2-13-1/h13-15H,1-12H2/p+3.